The average Bonchev–Trinajstić information content (AvgIpc) is 2.82. The first-order chi connectivity index (χ1) is 14.7. The van der Waals surface area contributed by atoms with Crippen molar-refractivity contribution >= 4 is 5.78 Å². The molecule has 0 amide bonds. The number of hydrogen-bond donors (Lipinski definition) is 0. The molecule has 0 aliphatic carbocycles. The Hall–Kier alpha value is -2.95. The van der Waals surface area contributed by atoms with Crippen molar-refractivity contribution in [3.05, 3.63) is 102 Å². The number of piperazine rings is 1. The van der Waals surface area contributed by atoms with Gasteiger partial charge in [0.05, 0.1) is 19.7 Å². The third kappa shape index (κ3) is 4.78. The van der Waals surface area contributed by atoms with Crippen molar-refractivity contribution in [3.8, 4) is 5.75 Å². The molecular formula is C26H28N2O2. The number of rotatable bonds is 7. The minimum absolute atomic E-state index is 0.161. The Kier molecular flexibility index (Phi) is 6.57. The second-order valence-corrected chi connectivity index (χ2v) is 7.69. The van der Waals surface area contributed by atoms with Crippen molar-refractivity contribution < 1.29 is 9.53 Å². The Morgan fingerprint density at radius 3 is 1.83 bits per heavy atom. The second kappa shape index (κ2) is 9.70. The molecule has 4 rings (SSSR count). The Morgan fingerprint density at radius 2 is 1.33 bits per heavy atom. The SMILES string of the molecule is COc1ccc(C(=O)CN2CCN(C(c3ccccc3)c3ccccc3)CC2)cc1. The fraction of sp³-hybridized carbons (Fsp3) is 0.269. The van der Waals surface area contributed by atoms with Crippen LogP contribution in [0.4, 0.5) is 0 Å². The zero-order valence-electron chi connectivity index (χ0n) is 17.4. The van der Waals surface area contributed by atoms with Crippen LogP contribution in [0.1, 0.15) is 27.5 Å². The Bertz CT molecular complexity index is 894. The molecule has 1 fully saturated rings. The molecule has 30 heavy (non-hydrogen) atoms. The molecule has 0 saturated carbocycles. The molecule has 0 bridgehead atoms. The topological polar surface area (TPSA) is 32.8 Å². The first-order valence-corrected chi connectivity index (χ1v) is 10.5. The first kappa shape index (κ1) is 20.3. The lowest BCUT2D eigenvalue weighted by atomic mass is 9.96. The third-order valence-electron chi connectivity index (χ3n) is 5.78. The van der Waals surface area contributed by atoms with Gasteiger partial charge in [-0.2, -0.15) is 0 Å². The van der Waals surface area contributed by atoms with Crippen LogP contribution in [-0.2, 0) is 0 Å². The number of ether oxygens (including phenoxy) is 1. The van der Waals surface area contributed by atoms with E-state index in [9.17, 15) is 4.79 Å². The molecule has 1 aliphatic heterocycles. The molecule has 4 heteroatoms. The number of methoxy groups -OCH3 is 1. The Balaban J connectivity index is 1.41. The molecule has 1 aliphatic rings. The largest absolute Gasteiger partial charge is 0.497 e. The highest BCUT2D eigenvalue weighted by molar-refractivity contribution is 5.97. The van der Waals surface area contributed by atoms with Crippen LogP contribution in [0, 0.1) is 0 Å². The van der Waals surface area contributed by atoms with Crippen molar-refractivity contribution in [1.29, 1.82) is 0 Å². The summed E-state index contributed by atoms with van der Waals surface area (Å²) in [7, 11) is 1.63. The average molecular weight is 401 g/mol. The molecule has 0 spiro atoms. The number of carbonyl (C=O) groups excluding carboxylic acids is 1. The lowest BCUT2D eigenvalue weighted by Gasteiger charge is -2.39. The Morgan fingerprint density at radius 1 is 0.800 bits per heavy atom. The van der Waals surface area contributed by atoms with Gasteiger partial charge in [-0.15, -0.1) is 0 Å². The normalized spacial score (nSPS) is 15.3. The molecule has 154 valence electrons. The highest BCUT2D eigenvalue weighted by Gasteiger charge is 2.27. The van der Waals surface area contributed by atoms with Crippen LogP contribution in [0.15, 0.2) is 84.9 Å². The molecular weight excluding hydrogens is 372 g/mol. The summed E-state index contributed by atoms with van der Waals surface area (Å²) in [5, 5.41) is 0. The van der Waals surface area contributed by atoms with E-state index in [1.165, 1.54) is 11.1 Å². The minimum Gasteiger partial charge on any atom is -0.497 e. The molecule has 0 N–H and O–H groups in total. The van der Waals surface area contributed by atoms with Crippen molar-refractivity contribution in [2.45, 2.75) is 6.04 Å². The van der Waals surface area contributed by atoms with Crippen LogP contribution >= 0.6 is 0 Å². The zero-order chi connectivity index (χ0) is 20.8. The number of nitrogens with zero attached hydrogens (tertiary/aromatic N) is 2. The second-order valence-electron chi connectivity index (χ2n) is 7.69. The lowest BCUT2D eigenvalue weighted by Crippen LogP contribution is -2.49. The number of hydrogen-bond acceptors (Lipinski definition) is 4. The summed E-state index contributed by atoms with van der Waals surface area (Å²) >= 11 is 0. The molecule has 1 saturated heterocycles. The third-order valence-corrected chi connectivity index (χ3v) is 5.78. The van der Waals surface area contributed by atoms with Gasteiger partial charge >= 0.3 is 0 Å². The van der Waals surface area contributed by atoms with Gasteiger partial charge in [0.25, 0.3) is 0 Å². The van der Waals surface area contributed by atoms with Crippen LogP contribution in [0.3, 0.4) is 0 Å². The van der Waals surface area contributed by atoms with Crippen molar-refractivity contribution in [2.24, 2.45) is 0 Å². The number of Topliss-reactive ketones (excluding diaryl/α,β-unsaturated/α-hetero) is 1. The van der Waals surface area contributed by atoms with E-state index < -0.39 is 0 Å². The summed E-state index contributed by atoms with van der Waals surface area (Å²) < 4.78 is 5.18. The van der Waals surface area contributed by atoms with Gasteiger partial charge in [-0.3, -0.25) is 14.6 Å². The lowest BCUT2D eigenvalue weighted by molar-refractivity contribution is 0.0808. The quantitative estimate of drug-likeness (QED) is 0.554. The molecule has 0 atom stereocenters. The maximum absolute atomic E-state index is 12.7. The summed E-state index contributed by atoms with van der Waals surface area (Å²) in [6, 6.07) is 29.0. The predicted octanol–water partition coefficient (Wildman–Crippen LogP) is 4.29. The zero-order valence-corrected chi connectivity index (χ0v) is 17.4. The first-order valence-electron chi connectivity index (χ1n) is 10.5. The molecule has 4 nitrogen and oxygen atoms in total. The van der Waals surface area contributed by atoms with Crippen molar-refractivity contribution in [3.63, 3.8) is 0 Å². The van der Waals surface area contributed by atoms with E-state index in [2.05, 4.69) is 70.5 Å². The van der Waals surface area contributed by atoms with Crippen molar-refractivity contribution in [1.82, 2.24) is 9.80 Å². The summed E-state index contributed by atoms with van der Waals surface area (Å²) in [6.45, 7) is 4.10. The maximum Gasteiger partial charge on any atom is 0.176 e. The standard InChI is InChI=1S/C26H28N2O2/c1-30-24-14-12-21(13-15-24)25(29)20-27-16-18-28(19-17-27)26(22-8-4-2-5-9-22)23-10-6-3-7-11-23/h2-15,26H,16-20H2,1H3. The fourth-order valence-electron chi connectivity index (χ4n) is 4.14. The molecule has 3 aromatic rings. The highest BCUT2D eigenvalue weighted by atomic mass is 16.5. The van der Waals surface area contributed by atoms with E-state index in [4.69, 9.17) is 4.74 Å². The maximum atomic E-state index is 12.7. The van der Waals surface area contributed by atoms with Gasteiger partial charge < -0.3 is 4.74 Å². The van der Waals surface area contributed by atoms with E-state index in [-0.39, 0.29) is 11.8 Å². The van der Waals surface area contributed by atoms with Gasteiger partial charge in [0, 0.05) is 31.7 Å². The van der Waals surface area contributed by atoms with Crippen LogP contribution in [0.25, 0.3) is 0 Å². The minimum atomic E-state index is 0.161. The van der Waals surface area contributed by atoms with E-state index in [0.29, 0.717) is 6.54 Å². The number of carbonyl (C=O) groups is 1. The van der Waals surface area contributed by atoms with Gasteiger partial charge in [-0.05, 0) is 35.4 Å². The van der Waals surface area contributed by atoms with Crippen LogP contribution in [0.5, 0.6) is 5.75 Å². The Labute approximate surface area is 178 Å². The van der Waals surface area contributed by atoms with E-state index >= 15 is 0 Å². The molecule has 0 unspecified atom stereocenters. The van der Waals surface area contributed by atoms with Gasteiger partial charge in [0.15, 0.2) is 5.78 Å². The molecule has 3 aromatic carbocycles. The van der Waals surface area contributed by atoms with Gasteiger partial charge in [0.2, 0.25) is 0 Å². The molecule has 1 heterocycles. The predicted molar refractivity (Wildman–Crippen MR) is 120 cm³/mol. The highest BCUT2D eigenvalue weighted by Crippen LogP contribution is 2.29. The fourth-order valence-corrected chi connectivity index (χ4v) is 4.14. The van der Waals surface area contributed by atoms with Crippen LogP contribution in [0.2, 0.25) is 0 Å². The van der Waals surface area contributed by atoms with Gasteiger partial charge in [-0.1, -0.05) is 60.7 Å². The summed E-state index contributed by atoms with van der Waals surface area (Å²) in [4.78, 5) is 17.5. The number of ketones is 1. The molecule has 0 radical (unpaired) electrons. The van der Waals surface area contributed by atoms with Crippen molar-refractivity contribution in [2.75, 3.05) is 39.8 Å². The van der Waals surface area contributed by atoms with Crippen LogP contribution < -0.4 is 4.74 Å². The number of benzene rings is 3. The summed E-state index contributed by atoms with van der Waals surface area (Å²) in [5.74, 6) is 0.932. The van der Waals surface area contributed by atoms with E-state index in [1.807, 2.05) is 24.3 Å². The summed E-state index contributed by atoms with van der Waals surface area (Å²) in [5.41, 5.74) is 3.36. The monoisotopic (exact) mass is 400 g/mol. The van der Waals surface area contributed by atoms with Crippen LogP contribution in [-0.4, -0.2) is 55.4 Å². The van der Waals surface area contributed by atoms with Gasteiger partial charge in [-0.25, -0.2) is 0 Å². The van der Waals surface area contributed by atoms with E-state index in [1.54, 1.807) is 7.11 Å². The smallest absolute Gasteiger partial charge is 0.176 e. The van der Waals surface area contributed by atoms with Gasteiger partial charge in [0.1, 0.15) is 5.75 Å². The summed E-state index contributed by atoms with van der Waals surface area (Å²) in [6.07, 6.45) is 0. The van der Waals surface area contributed by atoms with E-state index in [0.717, 1.165) is 37.5 Å². The molecule has 0 aromatic heterocycles.